The molecule has 0 fully saturated rings. The van der Waals surface area contributed by atoms with Gasteiger partial charge >= 0.3 is 0 Å². The quantitative estimate of drug-likeness (QED) is 0.408. The molecule has 132 valence electrons. The van der Waals surface area contributed by atoms with E-state index in [0.717, 1.165) is 37.8 Å². The van der Waals surface area contributed by atoms with Crippen LogP contribution in [0.1, 0.15) is 46.9 Å². The van der Waals surface area contributed by atoms with Gasteiger partial charge in [-0.25, -0.2) is 4.99 Å². The van der Waals surface area contributed by atoms with Crippen LogP contribution in [0.4, 0.5) is 0 Å². The number of aryl methyl sites for hydroxylation is 1. The fraction of sp³-hybridized carbons (Fsp3) is 0.812. The monoisotopic (exact) mass is 323 g/mol. The summed E-state index contributed by atoms with van der Waals surface area (Å²) in [4.78, 5) is 7.07. The Hall–Kier alpha value is -1.63. The summed E-state index contributed by atoms with van der Waals surface area (Å²) >= 11 is 0. The summed E-state index contributed by atoms with van der Waals surface area (Å²) in [6.07, 6.45) is 2.78. The Balaban J connectivity index is 2.42. The number of hydrogen-bond donors (Lipinski definition) is 2. The third kappa shape index (κ3) is 6.99. The minimum atomic E-state index is 0.524. The number of guanidine groups is 1. The van der Waals surface area contributed by atoms with Gasteiger partial charge in [0.05, 0.1) is 0 Å². The lowest BCUT2D eigenvalue weighted by atomic mass is 10.2. The van der Waals surface area contributed by atoms with Crippen LogP contribution < -0.4 is 10.6 Å². The molecule has 0 saturated carbocycles. The third-order valence-electron chi connectivity index (χ3n) is 3.74. The first-order valence-corrected chi connectivity index (χ1v) is 8.56. The SMILES string of the molecule is CCNC(=NCc1nncn1C)NCCCN(C(C)C)C(C)C. The molecule has 0 saturated heterocycles. The van der Waals surface area contributed by atoms with Gasteiger partial charge in [0.1, 0.15) is 12.9 Å². The second kappa shape index (κ2) is 10.2. The van der Waals surface area contributed by atoms with Gasteiger partial charge in [-0.1, -0.05) is 0 Å². The predicted molar refractivity (Wildman–Crippen MR) is 95.4 cm³/mol. The standard InChI is InChI=1S/C16H33N7/c1-7-17-16(19-11-15-21-20-12-22(15)6)18-9-8-10-23(13(2)3)14(4)5/h12-14H,7-11H2,1-6H3,(H2,17,18,19). The number of aliphatic imine (C=N–C) groups is 1. The fourth-order valence-corrected chi connectivity index (χ4v) is 2.52. The largest absolute Gasteiger partial charge is 0.357 e. The lowest BCUT2D eigenvalue weighted by Gasteiger charge is -2.30. The molecule has 2 N–H and O–H groups in total. The van der Waals surface area contributed by atoms with Crippen molar-refractivity contribution < 1.29 is 0 Å². The first-order chi connectivity index (χ1) is 11.0. The van der Waals surface area contributed by atoms with Crippen LogP contribution in [0.3, 0.4) is 0 Å². The molecule has 0 unspecified atom stereocenters. The molecular formula is C16H33N7. The molecule has 23 heavy (non-hydrogen) atoms. The minimum Gasteiger partial charge on any atom is -0.357 e. The van der Waals surface area contributed by atoms with Crippen molar-refractivity contribution in [2.75, 3.05) is 19.6 Å². The number of rotatable bonds is 9. The van der Waals surface area contributed by atoms with Gasteiger partial charge in [-0.2, -0.15) is 0 Å². The molecule has 7 nitrogen and oxygen atoms in total. The van der Waals surface area contributed by atoms with Crippen molar-refractivity contribution in [3.63, 3.8) is 0 Å². The Kier molecular flexibility index (Phi) is 8.61. The second-order valence-electron chi connectivity index (χ2n) is 6.26. The van der Waals surface area contributed by atoms with Gasteiger partial charge < -0.3 is 15.2 Å². The molecule has 7 heteroatoms. The molecule has 0 aromatic carbocycles. The molecule has 1 aromatic rings. The van der Waals surface area contributed by atoms with Gasteiger partial charge in [0.25, 0.3) is 0 Å². The van der Waals surface area contributed by atoms with E-state index in [9.17, 15) is 0 Å². The molecule has 0 aliphatic rings. The average molecular weight is 323 g/mol. The summed E-state index contributed by atoms with van der Waals surface area (Å²) < 4.78 is 1.89. The molecule has 0 spiro atoms. The first-order valence-electron chi connectivity index (χ1n) is 8.56. The molecule has 0 bridgehead atoms. The van der Waals surface area contributed by atoms with Crippen molar-refractivity contribution in [3.8, 4) is 0 Å². The molecular weight excluding hydrogens is 290 g/mol. The molecule has 1 heterocycles. The third-order valence-corrected chi connectivity index (χ3v) is 3.74. The maximum atomic E-state index is 4.56. The van der Waals surface area contributed by atoms with E-state index in [4.69, 9.17) is 0 Å². The van der Waals surface area contributed by atoms with Gasteiger partial charge in [-0.15, -0.1) is 10.2 Å². The van der Waals surface area contributed by atoms with Gasteiger partial charge in [-0.3, -0.25) is 4.90 Å². The summed E-state index contributed by atoms with van der Waals surface area (Å²) in [7, 11) is 1.93. The normalized spacial score (nSPS) is 12.5. The fourth-order valence-electron chi connectivity index (χ4n) is 2.52. The molecule has 1 aromatic heterocycles. The zero-order valence-electron chi connectivity index (χ0n) is 15.5. The highest BCUT2D eigenvalue weighted by molar-refractivity contribution is 5.79. The minimum absolute atomic E-state index is 0.524. The van der Waals surface area contributed by atoms with Crippen LogP contribution in [0.15, 0.2) is 11.3 Å². The van der Waals surface area contributed by atoms with Crippen LogP contribution in [0.5, 0.6) is 0 Å². The summed E-state index contributed by atoms with van der Waals surface area (Å²) in [5.41, 5.74) is 0. The zero-order valence-corrected chi connectivity index (χ0v) is 15.5. The summed E-state index contributed by atoms with van der Waals surface area (Å²) in [6, 6.07) is 1.15. The zero-order chi connectivity index (χ0) is 17.2. The van der Waals surface area contributed by atoms with Crippen LogP contribution in [-0.4, -0.2) is 57.3 Å². The van der Waals surface area contributed by atoms with E-state index in [1.807, 2.05) is 11.6 Å². The topological polar surface area (TPSA) is 70.4 Å². The Labute approximate surface area is 140 Å². The van der Waals surface area contributed by atoms with Crippen molar-refractivity contribution in [1.82, 2.24) is 30.3 Å². The van der Waals surface area contributed by atoms with Crippen molar-refractivity contribution in [2.24, 2.45) is 12.0 Å². The smallest absolute Gasteiger partial charge is 0.191 e. The van der Waals surface area contributed by atoms with E-state index in [1.54, 1.807) is 6.33 Å². The van der Waals surface area contributed by atoms with Crippen LogP contribution >= 0.6 is 0 Å². The lowest BCUT2D eigenvalue weighted by molar-refractivity contribution is 0.173. The molecule has 0 aliphatic heterocycles. The van der Waals surface area contributed by atoms with Gasteiger partial charge in [0.2, 0.25) is 0 Å². The summed E-state index contributed by atoms with van der Waals surface area (Å²) in [5.74, 6) is 1.68. The Morgan fingerprint density at radius 3 is 2.48 bits per heavy atom. The van der Waals surface area contributed by atoms with Gasteiger partial charge in [0.15, 0.2) is 11.8 Å². The average Bonchev–Trinajstić information content (AvgIpc) is 2.88. The van der Waals surface area contributed by atoms with Gasteiger partial charge in [0, 0.05) is 38.8 Å². The van der Waals surface area contributed by atoms with E-state index < -0.39 is 0 Å². The lowest BCUT2D eigenvalue weighted by Crippen LogP contribution is -2.41. The van der Waals surface area contributed by atoms with E-state index in [-0.39, 0.29) is 0 Å². The molecule has 0 aliphatic carbocycles. The summed E-state index contributed by atoms with van der Waals surface area (Å²) in [5, 5.41) is 14.6. The van der Waals surface area contributed by atoms with Crippen molar-refractivity contribution >= 4 is 5.96 Å². The second-order valence-corrected chi connectivity index (χ2v) is 6.26. The first kappa shape index (κ1) is 19.4. The molecule has 1 rings (SSSR count). The number of nitrogens with zero attached hydrogens (tertiary/aromatic N) is 5. The highest BCUT2D eigenvalue weighted by Gasteiger charge is 2.12. The number of nitrogens with one attached hydrogen (secondary N) is 2. The number of hydrogen-bond acceptors (Lipinski definition) is 4. The van der Waals surface area contributed by atoms with Gasteiger partial charge in [-0.05, 0) is 41.0 Å². The van der Waals surface area contributed by atoms with Crippen molar-refractivity contribution in [2.45, 2.75) is 59.7 Å². The number of aromatic nitrogens is 3. The van der Waals surface area contributed by atoms with Crippen LogP contribution in [-0.2, 0) is 13.6 Å². The van der Waals surface area contributed by atoms with Crippen molar-refractivity contribution in [1.29, 1.82) is 0 Å². The Morgan fingerprint density at radius 1 is 1.26 bits per heavy atom. The Bertz CT molecular complexity index is 457. The van der Waals surface area contributed by atoms with Crippen molar-refractivity contribution in [3.05, 3.63) is 12.2 Å². The maximum absolute atomic E-state index is 4.56. The molecule has 0 atom stereocenters. The highest BCUT2D eigenvalue weighted by atomic mass is 15.3. The predicted octanol–water partition coefficient (Wildman–Crippen LogP) is 1.38. The van der Waals surface area contributed by atoms with E-state index in [2.05, 4.69) is 65.3 Å². The molecule has 0 amide bonds. The van der Waals surface area contributed by atoms with Crippen LogP contribution in [0.25, 0.3) is 0 Å². The van der Waals surface area contributed by atoms with E-state index >= 15 is 0 Å². The summed E-state index contributed by atoms with van der Waals surface area (Å²) in [6.45, 7) is 14.4. The maximum Gasteiger partial charge on any atom is 0.191 e. The Morgan fingerprint density at radius 2 is 1.96 bits per heavy atom. The van der Waals surface area contributed by atoms with E-state index in [1.165, 1.54) is 0 Å². The van der Waals surface area contributed by atoms with Crippen LogP contribution in [0.2, 0.25) is 0 Å². The molecule has 0 radical (unpaired) electrons. The van der Waals surface area contributed by atoms with Crippen LogP contribution in [0, 0.1) is 0 Å². The van der Waals surface area contributed by atoms with E-state index in [0.29, 0.717) is 18.6 Å². The highest BCUT2D eigenvalue weighted by Crippen LogP contribution is 2.05.